The monoisotopic (exact) mass is 240 g/mol. The fourth-order valence-corrected chi connectivity index (χ4v) is 2.11. The largest absolute Gasteiger partial charge is 0.381 e. The zero-order valence-corrected chi connectivity index (χ0v) is 10.2. The molecule has 1 saturated heterocycles. The number of piperidine rings is 1. The first-order chi connectivity index (χ1) is 8.21. The minimum absolute atomic E-state index is 0.0562. The first kappa shape index (κ1) is 13.9. The van der Waals surface area contributed by atoms with Crippen molar-refractivity contribution in [1.82, 2.24) is 10.2 Å². The second-order valence-electron chi connectivity index (χ2n) is 4.18. The van der Waals surface area contributed by atoms with Gasteiger partial charge in [0.2, 0.25) is 5.91 Å². The summed E-state index contributed by atoms with van der Waals surface area (Å²) in [5, 5.41) is 10.9. The Hall–Kier alpha value is -1.16. The molecule has 0 saturated carbocycles. The van der Waals surface area contributed by atoms with E-state index in [1.54, 1.807) is 7.11 Å². The Labute approximate surface area is 102 Å². The SMILES string of the molecule is COC1CCN(CC(=O)NCC#N)C(CN)C1. The minimum atomic E-state index is -0.124. The smallest absolute Gasteiger partial charge is 0.235 e. The number of nitriles is 1. The Morgan fingerprint density at radius 1 is 1.71 bits per heavy atom. The zero-order chi connectivity index (χ0) is 12.7. The van der Waals surface area contributed by atoms with Gasteiger partial charge in [-0.3, -0.25) is 9.69 Å². The maximum absolute atomic E-state index is 11.5. The molecule has 2 atom stereocenters. The van der Waals surface area contributed by atoms with Gasteiger partial charge in [-0.1, -0.05) is 0 Å². The number of amides is 1. The third-order valence-corrected chi connectivity index (χ3v) is 3.11. The highest BCUT2D eigenvalue weighted by Gasteiger charge is 2.28. The van der Waals surface area contributed by atoms with E-state index in [0.29, 0.717) is 13.1 Å². The number of nitrogens with zero attached hydrogens (tertiary/aromatic N) is 2. The average Bonchev–Trinajstić information content (AvgIpc) is 2.36. The summed E-state index contributed by atoms with van der Waals surface area (Å²) in [6.07, 6.45) is 2.01. The van der Waals surface area contributed by atoms with Crippen molar-refractivity contribution < 1.29 is 9.53 Å². The molecule has 3 N–H and O–H groups in total. The zero-order valence-electron chi connectivity index (χ0n) is 10.2. The van der Waals surface area contributed by atoms with E-state index in [4.69, 9.17) is 15.7 Å². The van der Waals surface area contributed by atoms with Gasteiger partial charge in [-0.15, -0.1) is 0 Å². The summed E-state index contributed by atoms with van der Waals surface area (Å²) in [7, 11) is 1.70. The van der Waals surface area contributed by atoms with Gasteiger partial charge in [0.1, 0.15) is 6.54 Å². The van der Waals surface area contributed by atoms with Crippen molar-refractivity contribution in [2.75, 3.05) is 33.3 Å². The Morgan fingerprint density at radius 3 is 3.06 bits per heavy atom. The summed E-state index contributed by atoms with van der Waals surface area (Å²) in [5.74, 6) is -0.124. The molecule has 0 aromatic carbocycles. The van der Waals surface area contributed by atoms with Crippen LogP contribution in [0.25, 0.3) is 0 Å². The average molecular weight is 240 g/mol. The molecule has 1 aliphatic heterocycles. The van der Waals surface area contributed by atoms with Gasteiger partial charge in [0.25, 0.3) is 0 Å². The number of rotatable bonds is 5. The molecule has 0 spiro atoms. The predicted molar refractivity (Wildman–Crippen MR) is 63.1 cm³/mol. The maximum Gasteiger partial charge on any atom is 0.235 e. The molecule has 1 heterocycles. The molecular formula is C11H20N4O2. The summed E-state index contributed by atoms with van der Waals surface area (Å²) in [4.78, 5) is 13.6. The lowest BCUT2D eigenvalue weighted by Gasteiger charge is -2.37. The van der Waals surface area contributed by atoms with Crippen LogP contribution >= 0.6 is 0 Å². The predicted octanol–water partition coefficient (Wildman–Crippen LogP) is -0.936. The molecule has 1 amide bonds. The first-order valence-electron chi connectivity index (χ1n) is 5.81. The number of likely N-dealkylation sites (tertiary alicyclic amines) is 1. The number of hydrogen-bond donors (Lipinski definition) is 2. The van der Waals surface area contributed by atoms with Crippen LogP contribution in [0.4, 0.5) is 0 Å². The lowest BCUT2D eigenvalue weighted by atomic mass is 9.99. The van der Waals surface area contributed by atoms with Crippen LogP contribution in [0.15, 0.2) is 0 Å². The number of hydrogen-bond acceptors (Lipinski definition) is 5. The van der Waals surface area contributed by atoms with Crippen LogP contribution in [0, 0.1) is 11.3 Å². The lowest BCUT2D eigenvalue weighted by Crippen LogP contribution is -2.51. The molecule has 1 rings (SSSR count). The molecule has 0 aromatic heterocycles. The van der Waals surface area contributed by atoms with E-state index in [1.807, 2.05) is 6.07 Å². The Morgan fingerprint density at radius 2 is 2.47 bits per heavy atom. The van der Waals surface area contributed by atoms with Gasteiger partial charge in [-0.2, -0.15) is 5.26 Å². The second-order valence-corrected chi connectivity index (χ2v) is 4.18. The van der Waals surface area contributed by atoms with Crippen LogP contribution in [-0.4, -0.2) is 56.2 Å². The van der Waals surface area contributed by atoms with E-state index in [9.17, 15) is 4.79 Å². The van der Waals surface area contributed by atoms with Crippen LogP contribution in [-0.2, 0) is 9.53 Å². The van der Waals surface area contributed by atoms with E-state index in [1.165, 1.54) is 0 Å². The highest BCUT2D eigenvalue weighted by atomic mass is 16.5. The molecule has 1 fully saturated rings. The molecule has 0 aromatic rings. The molecule has 0 bridgehead atoms. The van der Waals surface area contributed by atoms with E-state index in [0.717, 1.165) is 19.4 Å². The lowest BCUT2D eigenvalue weighted by molar-refractivity contribution is -0.123. The normalized spacial score (nSPS) is 25.2. The van der Waals surface area contributed by atoms with Crippen molar-refractivity contribution in [1.29, 1.82) is 5.26 Å². The minimum Gasteiger partial charge on any atom is -0.381 e. The van der Waals surface area contributed by atoms with Crippen LogP contribution < -0.4 is 11.1 Å². The van der Waals surface area contributed by atoms with Gasteiger partial charge >= 0.3 is 0 Å². The van der Waals surface area contributed by atoms with E-state index < -0.39 is 0 Å². The summed E-state index contributed by atoms with van der Waals surface area (Å²) in [6.45, 7) is 1.69. The fourth-order valence-electron chi connectivity index (χ4n) is 2.11. The number of ether oxygens (including phenoxy) is 1. The van der Waals surface area contributed by atoms with Crippen molar-refractivity contribution in [3.8, 4) is 6.07 Å². The highest BCUT2D eigenvalue weighted by molar-refractivity contribution is 5.78. The molecule has 17 heavy (non-hydrogen) atoms. The van der Waals surface area contributed by atoms with Crippen LogP contribution in [0.3, 0.4) is 0 Å². The maximum atomic E-state index is 11.5. The molecule has 6 heteroatoms. The summed E-state index contributed by atoms with van der Waals surface area (Å²) < 4.78 is 5.32. The third kappa shape index (κ3) is 4.30. The summed E-state index contributed by atoms with van der Waals surface area (Å²) in [5.41, 5.74) is 5.71. The third-order valence-electron chi connectivity index (χ3n) is 3.11. The quantitative estimate of drug-likeness (QED) is 0.605. The highest BCUT2D eigenvalue weighted by Crippen LogP contribution is 2.18. The van der Waals surface area contributed by atoms with Crippen molar-refractivity contribution in [2.24, 2.45) is 5.73 Å². The van der Waals surface area contributed by atoms with E-state index in [-0.39, 0.29) is 24.6 Å². The Kier molecular flexibility index (Phi) is 5.91. The molecular weight excluding hydrogens is 220 g/mol. The van der Waals surface area contributed by atoms with Crippen molar-refractivity contribution in [3.63, 3.8) is 0 Å². The van der Waals surface area contributed by atoms with Crippen LogP contribution in [0.5, 0.6) is 0 Å². The Balaban J connectivity index is 2.42. The number of nitrogens with two attached hydrogens (primary N) is 1. The number of carbonyl (C=O) groups is 1. The molecule has 0 aliphatic carbocycles. The van der Waals surface area contributed by atoms with Gasteiger partial charge in [0, 0.05) is 26.2 Å². The number of nitrogens with one attached hydrogen (secondary N) is 1. The van der Waals surface area contributed by atoms with Gasteiger partial charge in [0.15, 0.2) is 0 Å². The van der Waals surface area contributed by atoms with Gasteiger partial charge in [0.05, 0.1) is 18.7 Å². The van der Waals surface area contributed by atoms with Gasteiger partial charge in [-0.25, -0.2) is 0 Å². The van der Waals surface area contributed by atoms with Crippen molar-refractivity contribution >= 4 is 5.91 Å². The molecule has 0 radical (unpaired) electrons. The van der Waals surface area contributed by atoms with Gasteiger partial charge in [-0.05, 0) is 12.8 Å². The molecule has 2 unspecified atom stereocenters. The first-order valence-corrected chi connectivity index (χ1v) is 5.81. The summed E-state index contributed by atoms with van der Waals surface area (Å²) >= 11 is 0. The van der Waals surface area contributed by atoms with Gasteiger partial charge < -0.3 is 15.8 Å². The van der Waals surface area contributed by atoms with Crippen LogP contribution in [0.2, 0.25) is 0 Å². The summed E-state index contributed by atoms with van der Waals surface area (Å²) in [6, 6.07) is 2.06. The molecule has 6 nitrogen and oxygen atoms in total. The fraction of sp³-hybridized carbons (Fsp3) is 0.818. The Bertz CT molecular complexity index is 290. The van der Waals surface area contributed by atoms with Crippen molar-refractivity contribution in [2.45, 2.75) is 25.0 Å². The van der Waals surface area contributed by atoms with E-state index in [2.05, 4.69) is 10.2 Å². The molecule has 1 aliphatic rings. The number of methoxy groups -OCH3 is 1. The van der Waals surface area contributed by atoms with Crippen molar-refractivity contribution in [3.05, 3.63) is 0 Å². The topological polar surface area (TPSA) is 91.4 Å². The second kappa shape index (κ2) is 7.22. The molecule has 96 valence electrons. The standard InChI is InChI=1S/C11H20N4O2/c1-17-10-2-5-15(9(6-10)7-13)8-11(16)14-4-3-12/h9-10H,2,4-8,13H2,1H3,(H,14,16). The van der Waals surface area contributed by atoms with Crippen LogP contribution in [0.1, 0.15) is 12.8 Å². The number of carbonyl (C=O) groups excluding carboxylic acids is 1. The van der Waals surface area contributed by atoms with E-state index >= 15 is 0 Å².